The highest BCUT2D eigenvalue weighted by Gasteiger charge is 2.28. The van der Waals surface area contributed by atoms with Gasteiger partial charge in [0.2, 0.25) is 0 Å². The van der Waals surface area contributed by atoms with Gasteiger partial charge in [-0.15, -0.1) is 0 Å². The Hall–Kier alpha value is -1.84. The fourth-order valence-corrected chi connectivity index (χ4v) is 3.92. The van der Waals surface area contributed by atoms with Gasteiger partial charge in [-0.2, -0.15) is 0 Å². The van der Waals surface area contributed by atoms with Gasteiger partial charge in [0.25, 0.3) is 0 Å². The molecule has 3 nitrogen and oxygen atoms in total. The molecule has 2 aromatic carbocycles. The van der Waals surface area contributed by atoms with Crippen LogP contribution in [0.15, 0.2) is 48.5 Å². The molecule has 1 fully saturated rings. The number of phenols is 1. The average molecular weight is 309 g/mol. The molecule has 0 bridgehead atoms. The lowest BCUT2D eigenvalue weighted by atomic mass is 9.90. The number of fused-ring (bicyclic) bond motifs is 1. The van der Waals surface area contributed by atoms with Crippen molar-refractivity contribution in [1.29, 1.82) is 0 Å². The van der Waals surface area contributed by atoms with Crippen LogP contribution in [-0.2, 0) is 11.3 Å². The number of likely N-dealkylation sites (tertiary alicyclic amines) is 1. The highest BCUT2D eigenvalue weighted by molar-refractivity contribution is 5.32. The maximum atomic E-state index is 9.72. The second-order valence-corrected chi connectivity index (χ2v) is 6.69. The first-order valence-corrected chi connectivity index (χ1v) is 8.50. The summed E-state index contributed by atoms with van der Waals surface area (Å²) < 4.78 is 6.00. The number of piperidine rings is 1. The summed E-state index contributed by atoms with van der Waals surface area (Å²) in [5, 5.41) is 9.72. The molecular weight excluding hydrogens is 286 g/mol. The molecule has 0 spiro atoms. The van der Waals surface area contributed by atoms with Crippen molar-refractivity contribution >= 4 is 0 Å². The number of nitrogens with zero attached hydrogens (tertiary/aromatic N) is 1. The maximum absolute atomic E-state index is 9.72. The number of hydrogen-bond donors (Lipinski definition) is 1. The molecule has 2 aromatic rings. The van der Waals surface area contributed by atoms with E-state index in [0.29, 0.717) is 11.7 Å². The standard InChI is InChI=1S/C20H23NO2/c22-18-8-3-6-15(11-18)16-7-4-10-21(12-16)13-20-19-9-2-1-5-17(19)14-23-20/h1-3,5-6,8-9,11,16,20,22H,4,7,10,12-14H2. The van der Waals surface area contributed by atoms with Crippen molar-refractivity contribution in [3.05, 3.63) is 65.2 Å². The Balaban J connectivity index is 1.44. The monoisotopic (exact) mass is 309 g/mol. The fourth-order valence-electron chi connectivity index (χ4n) is 3.92. The van der Waals surface area contributed by atoms with Crippen LogP contribution in [0.5, 0.6) is 5.75 Å². The van der Waals surface area contributed by atoms with Crippen LogP contribution in [0, 0.1) is 0 Å². The van der Waals surface area contributed by atoms with E-state index in [1.54, 1.807) is 6.07 Å². The molecule has 4 rings (SSSR count). The Morgan fingerprint density at radius 3 is 2.96 bits per heavy atom. The Kier molecular flexibility index (Phi) is 4.06. The molecule has 3 heteroatoms. The summed E-state index contributed by atoms with van der Waals surface area (Å²) in [6.07, 6.45) is 2.60. The molecular formula is C20H23NO2. The minimum Gasteiger partial charge on any atom is -0.508 e. The van der Waals surface area contributed by atoms with Gasteiger partial charge in [-0.3, -0.25) is 4.90 Å². The Bertz CT molecular complexity index is 685. The second kappa shape index (κ2) is 6.34. The van der Waals surface area contributed by atoms with E-state index >= 15 is 0 Å². The number of phenolic OH excluding ortho intramolecular Hbond substituents is 1. The van der Waals surface area contributed by atoms with E-state index in [1.165, 1.54) is 29.5 Å². The van der Waals surface area contributed by atoms with Crippen molar-refractivity contribution in [2.45, 2.75) is 31.5 Å². The molecule has 2 heterocycles. The zero-order valence-corrected chi connectivity index (χ0v) is 13.3. The highest BCUT2D eigenvalue weighted by Crippen LogP contribution is 2.34. The van der Waals surface area contributed by atoms with Gasteiger partial charge >= 0.3 is 0 Å². The lowest BCUT2D eigenvalue weighted by molar-refractivity contribution is 0.0296. The predicted octanol–water partition coefficient (Wildman–Crippen LogP) is 3.84. The van der Waals surface area contributed by atoms with Gasteiger partial charge in [0.05, 0.1) is 12.7 Å². The number of benzene rings is 2. The number of hydrogen-bond acceptors (Lipinski definition) is 3. The third-order valence-electron chi connectivity index (χ3n) is 5.11. The van der Waals surface area contributed by atoms with Crippen molar-refractivity contribution in [3.8, 4) is 5.75 Å². The lowest BCUT2D eigenvalue weighted by Gasteiger charge is -2.34. The first-order chi connectivity index (χ1) is 11.3. The minimum atomic E-state index is 0.203. The highest BCUT2D eigenvalue weighted by atomic mass is 16.5. The Morgan fingerprint density at radius 2 is 2.04 bits per heavy atom. The molecule has 2 unspecified atom stereocenters. The van der Waals surface area contributed by atoms with Gasteiger partial charge in [-0.05, 0) is 54.1 Å². The van der Waals surface area contributed by atoms with Gasteiger partial charge in [0, 0.05) is 13.1 Å². The van der Waals surface area contributed by atoms with E-state index in [0.717, 1.165) is 26.2 Å². The molecule has 1 saturated heterocycles. The summed E-state index contributed by atoms with van der Waals surface area (Å²) in [6.45, 7) is 3.89. The second-order valence-electron chi connectivity index (χ2n) is 6.69. The smallest absolute Gasteiger partial charge is 0.115 e. The summed E-state index contributed by atoms with van der Waals surface area (Å²) >= 11 is 0. The van der Waals surface area contributed by atoms with Crippen molar-refractivity contribution < 1.29 is 9.84 Å². The summed E-state index contributed by atoms with van der Waals surface area (Å²) in [5.41, 5.74) is 3.94. The molecule has 0 aliphatic carbocycles. The number of aromatic hydroxyl groups is 1. The number of rotatable bonds is 3. The van der Waals surface area contributed by atoms with Crippen LogP contribution in [0.2, 0.25) is 0 Å². The summed E-state index contributed by atoms with van der Waals surface area (Å²) in [4.78, 5) is 2.52. The van der Waals surface area contributed by atoms with Crippen LogP contribution >= 0.6 is 0 Å². The van der Waals surface area contributed by atoms with Crippen molar-refractivity contribution in [1.82, 2.24) is 4.90 Å². The van der Waals surface area contributed by atoms with E-state index in [-0.39, 0.29) is 6.10 Å². The largest absolute Gasteiger partial charge is 0.508 e. The fraction of sp³-hybridized carbons (Fsp3) is 0.400. The molecule has 1 N–H and O–H groups in total. The molecule has 2 aliphatic rings. The summed E-state index contributed by atoms with van der Waals surface area (Å²) in [7, 11) is 0. The van der Waals surface area contributed by atoms with E-state index in [1.807, 2.05) is 12.1 Å². The van der Waals surface area contributed by atoms with Gasteiger partial charge in [-0.25, -0.2) is 0 Å². The van der Waals surface area contributed by atoms with Gasteiger partial charge < -0.3 is 9.84 Å². The van der Waals surface area contributed by atoms with Crippen LogP contribution in [-0.4, -0.2) is 29.6 Å². The summed E-state index contributed by atoms with van der Waals surface area (Å²) in [6, 6.07) is 16.3. The summed E-state index contributed by atoms with van der Waals surface area (Å²) in [5.74, 6) is 0.875. The zero-order chi connectivity index (χ0) is 15.6. The van der Waals surface area contributed by atoms with Gasteiger partial charge in [-0.1, -0.05) is 36.4 Å². The van der Waals surface area contributed by atoms with Crippen molar-refractivity contribution in [2.75, 3.05) is 19.6 Å². The van der Waals surface area contributed by atoms with Crippen molar-refractivity contribution in [3.63, 3.8) is 0 Å². The van der Waals surface area contributed by atoms with Crippen LogP contribution < -0.4 is 0 Å². The molecule has 0 amide bonds. The quantitative estimate of drug-likeness (QED) is 0.935. The molecule has 0 aromatic heterocycles. The predicted molar refractivity (Wildman–Crippen MR) is 90.5 cm³/mol. The molecule has 2 aliphatic heterocycles. The minimum absolute atomic E-state index is 0.203. The Labute approximate surface area is 137 Å². The van der Waals surface area contributed by atoms with E-state index in [4.69, 9.17) is 4.74 Å². The number of ether oxygens (including phenoxy) is 1. The molecule has 0 radical (unpaired) electrons. The molecule has 0 saturated carbocycles. The third-order valence-corrected chi connectivity index (χ3v) is 5.11. The van der Waals surface area contributed by atoms with Gasteiger partial charge in [0.1, 0.15) is 5.75 Å². The lowest BCUT2D eigenvalue weighted by Crippen LogP contribution is -2.37. The molecule has 120 valence electrons. The topological polar surface area (TPSA) is 32.7 Å². The van der Waals surface area contributed by atoms with E-state index in [9.17, 15) is 5.11 Å². The SMILES string of the molecule is Oc1cccc(C2CCCN(CC3OCc4ccccc43)C2)c1. The molecule has 2 atom stereocenters. The van der Waals surface area contributed by atoms with E-state index in [2.05, 4.69) is 35.2 Å². The molecule has 23 heavy (non-hydrogen) atoms. The first-order valence-electron chi connectivity index (χ1n) is 8.50. The van der Waals surface area contributed by atoms with Crippen LogP contribution in [0.1, 0.15) is 41.6 Å². The van der Waals surface area contributed by atoms with Crippen LogP contribution in [0.3, 0.4) is 0 Å². The third kappa shape index (κ3) is 3.12. The van der Waals surface area contributed by atoms with Crippen molar-refractivity contribution in [2.24, 2.45) is 0 Å². The zero-order valence-electron chi connectivity index (χ0n) is 13.3. The first kappa shape index (κ1) is 14.7. The van der Waals surface area contributed by atoms with E-state index < -0.39 is 0 Å². The average Bonchev–Trinajstić information content (AvgIpc) is 2.98. The maximum Gasteiger partial charge on any atom is 0.115 e. The Morgan fingerprint density at radius 1 is 1.13 bits per heavy atom. The van der Waals surface area contributed by atoms with Gasteiger partial charge in [0.15, 0.2) is 0 Å². The van der Waals surface area contributed by atoms with Crippen LogP contribution in [0.4, 0.5) is 0 Å². The normalized spacial score (nSPS) is 24.5. The van der Waals surface area contributed by atoms with Crippen LogP contribution in [0.25, 0.3) is 0 Å².